The molecule has 1 N–H and O–H groups in total. The van der Waals surface area contributed by atoms with Crippen LogP contribution in [0.25, 0.3) is 5.69 Å². The molecule has 0 unspecified atom stereocenters. The summed E-state index contributed by atoms with van der Waals surface area (Å²) in [7, 11) is -2.28. The van der Waals surface area contributed by atoms with Crippen LogP contribution >= 0.6 is 0 Å². The lowest BCUT2D eigenvalue weighted by atomic mass is 10.2. The van der Waals surface area contributed by atoms with Crippen LogP contribution in [0.2, 0.25) is 0 Å². The quantitative estimate of drug-likeness (QED) is 0.692. The van der Waals surface area contributed by atoms with E-state index in [4.69, 9.17) is 0 Å². The van der Waals surface area contributed by atoms with Crippen LogP contribution in [0.5, 0.6) is 0 Å². The molecule has 2 aromatic carbocycles. The van der Waals surface area contributed by atoms with Crippen LogP contribution in [0.3, 0.4) is 0 Å². The van der Waals surface area contributed by atoms with Gasteiger partial charge in [-0.05, 0) is 49.2 Å². The second-order valence-corrected chi connectivity index (χ2v) is 8.94. The molecular weight excluding hydrogens is 404 g/mol. The summed E-state index contributed by atoms with van der Waals surface area (Å²) in [6, 6.07) is 13.7. The number of benzene rings is 2. The summed E-state index contributed by atoms with van der Waals surface area (Å²) >= 11 is 0. The number of carbonyl (C=O) groups is 1. The normalized spacial score (nSPS) is 13.4. The maximum atomic E-state index is 13.0. The number of rotatable bonds is 4. The molecule has 0 saturated carbocycles. The van der Waals surface area contributed by atoms with Gasteiger partial charge in [0.15, 0.2) is 0 Å². The largest absolute Gasteiger partial charge is 0.312 e. The van der Waals surface area contributed by atoms with E-state index in [1.54, 1.807) is 47.8 Å². The standard InChI is InChI=1S/C21H22N4O4S/c1-14-20(21(27)25(23(14)3)17-7-5-4-6-8-17)22-30(28,29)18-9-10-19-16(13-18)11-12-24(19)15(2)26/h4-10,13,22H,11-12H2,1-3H3. The summed E-state index contributed by atoms with van der Waals surface area (Å²) in [6.07, 6.45) is 0.587. The van der Waals surface area contributed by atoms with Crippen LogP contribution in [0.1, 0.15) is 18.2 Å². The topological polar surface area (TPSA) is 93.4 Å². The zero-order valence-corrected chi connectivity index (χ0v) is 17.7. The number of sulfonamides is 1. The Labute approximate surface area is 174 Å². The van der Waals surface area contributed by atoms with Gasteiger partial charge in [-0.3, -0.25) is 19.0 Å². The smallest absolute Gasteiger partial charge is 0.296 e. The van der Waals surface area contributed by atoms with Crippen molar-refractivity contribution >= 4 is 27.3 Å². The van der Waals surface area contributed by atoms with Gasteiger partial charge in [-0.15, -0.1) is 0 Å². The highest BCUT2D eigenvalue weighted by Crippen LogP contribution is 2.31. The first-order valence-electron chi connectivity index (χ1n) is 9.48. The first-order valence-corrected chi connectivity index (χ1v) is 11.0. The molecule has 9 heteroatoms. The summed E-state index contributed by atoms with van der Waals surface area (Å²) in [5.41, 5.74) is 2.21. The van der Waals surface area contributed by atoms with Crippen molar-refractivity contribution in [2.75, 3.05) is 16.2 Å². The highest BCUT2D eigenvalue weighted by atomic mass is 32.2. The lowest BCUT2D eigenvalue weighted by molar-refractivity contribution is -0.116. The molecular formula is C21H22N4O4S. The van der Waals surface area contributed by atoms with E-state index in [9.17, 15) is 18.0 Å². The molecule has 8 nitrogen and oxygen atoms in total. The fourth-order valence-electron chi connectivity index (χ4n) is 3.75. The number of anilines is 2. The predicted octanol–water partition coefficient (Wildman–Crippen LogP) is 2.19. The lowest BCUT2D eigenvalue weighted by Gasteiger charge is -2.15. The molecule has 30 heavy (non-hydrogen) atoms. The number of aromatic nitrogens is 2. The minimum atomic E-state index is -3.98. The van der Waals surface area contributed by atoms with Gasteiger partial charge in [0.1, 0.15) is 5.69 Å². The van der Waals surface area contributed by atoms with Crippen LogP contribution < -0.4 is 15.2 Å². The van der Waals surface area contributed by atoms with Crippen molar-refractivity contribution in [2.24, 2.45) is 7.05 Å². The Hall–Kier alpha value is -3.33. The molecule has 4 rings (SSSR count). The van der Waals surface area contributed by atoms with Crippen molar-refractivity contribution in [3.63, 3.8) is 0 Å². The molecule has 1 aliphatic heterocycles. The van der Waals surface area contributed by atoms with Gasteiger partial charge in [0.05, 0.1) is 16.3 Å². The van der Waals surface area contributed by atoms with Crippen LogP contribution in [0, 0.1) is 6.92 Å². The van der Waals surface area contributed by atoms with Gasteiger partial charge in [-0.1, -0.05) is 18.2 Å². The van der Waals surface area contributed by atoms with E-state index >= 15 is 0 Å². The number of carbonyl (C=O) groups excluding carboxylic acids is 1. The molecule has 0 saturated heterocycles. The number of hydrogen-bond donors (Lipinski definition) is 1. The highest BCUT2D eigenvalue weighted by molar-refractivity contribution is 7.92. The first-order chi connectivity index (χ1) is 14.2. The predicted molar refractivity (Wildman–Crippen MR) is 115 cm³/mol. The van der Waals surface area contributed by atoms with E-state index in [1.807, 2.05) is 18.2 Å². The zero-order valence-electron chi connectivity index (χ0n) is 16.9. The number of nitrogens with one attached hydrogen (secondary N) is 1. The van der Waals surface area contributed by atoms with E-state index in [1.165, 1.54) is 17.7 Å². The van der Waals surface area contributed by atoms with E-state index in [2.05, 4.69) is 4.72 Å². The second-order valence-electron chi connectivity index (χ2n) is 7.25. The molecule has 0 atom stereocenters. The highest BCUT2D eigenvalue weighted by Gasteiger charge is 2.26. The Morgan fingerprint density at radius 1 is 1.10 bits per heavy atom. The Morgan fingerprint density at radius 2 is 1.80 bits per heavy atom. The molecule has 0 aliphatic carbocycles. The number of para-hydroxylation sites is 1. The molecule has 0 fully saturated rings. The molecule has 1 aliphatic rings. The third-order valence-electron chi connectivity index (χ3n) is 5.43. The van der Waals surface area contributed by atoms with E-state index < -0.39 is 15.6 Å². The third kappa shape index (κ3) is 3.21. The maximum Gasteiger partial charge on any atom is 0.296 e. The molecule has 3 aromatic rings. The average molecular weight is 426 g/mol. The van der Waals surface area contributed by atoms with Crippen molar-refractivity contribution in [1.82, 2.24) is 9.36 Å². The van der Waals surface area contributed by atoms with Gasteiger partial charge in [0.25, 0.3) is 15.6 Å². The Morgan fingerprint density at radius 3 is 2.47 bits per heavy atom. The molecule has 1 aromatic heterocycles. The third-order valence-corrected chi connectivity index (χ3v) is 6.77. The second kappa shape index (κ2) is 7.17. The number of fused-ring (bicyclic) bond motifs is 1. The monoisotopic (exact) mass is 426 g/mol. The van der Waals surface area contributed by atoms with E-state index in [0.29, 0.717) is 24.3 Å². The van der Waals surface area contributed by atoms with Crippen LogP contribution in [-0.4, -0.2) is 30.2 Å². The molecule has 2 heterocycles. The number of hydrogen-bond acceptors (Lipinski definition) is 4. The van der Waals surface area contributed by atoms with Crippen molar-refractivity contribution in [2.45, 2.75) is 25.2 Å². The number of nitrogens with zero attached hydrogens (tertiary/aromatic N) is 3. The van der Waals surface area contributed by atoms with Crippen molar-refractivity contribution in [3.8, 4) is 5.69 Å². The summed E-state index contributed by atoms with van der Waals surface area (Å²) in [5, 5.41) is 0. The van der Waals surface area contributed by atoms with Gasteiger partial charge < -0.3 is 4.90 Å². The summed E-state index contributed by atoms with van der Waals surface area (Å²) in [6.45, 7) is 3.70. The Bertz CT molecular complexity index is 1310. The van der Waals surface area contributed by atoms with Gasteiger partial charge in [-0.25, -0.2) is 13.1 Å². The summed E-state index contributed by atoms with van der Waals surface area (Å²) in [5.74, 6) is -0.0798. The maximum absolute atomic E-state index is 13.0. The Balaban J connectivity index is 1.72. The van der Waals surface area contributed by atoms with Crippen LogP contribution in [0.15, 0.2) is 58.2 Å². The van der Waals surface area contributed by atoms with Crippen molar-refractivity contribution < 1.29 is 13.2 Å². The molecule has 1 amide bonds. The van der Waals surface area contributed by atoms with Crippen LogP contribution in [-0.2, 0) is 28.3 Å². The summed E-state index contributed by atoms with van der Waals surface area (Å²) in [4.78, 5) is 26.4. The van der Waals surface area contributed by atoms with E-state index in [-0.39, 0.29) is 16.5 Å². The Kier molecular flexibility index (Phi) is 4.77. The fourth-order valence-corrected chi connectivity index (χ4v) is 4.92. The molecule has 156 valence electrons. The van der Waals surface area contributed by atoms with Crippen molar-refractivity contribution in [1.29, 1.82) is 0 Å². The fraction of sp³-hybridized carbons (Fsp3) is 0.238. The lowest BCUT2D eigenvalue weighted by Crippen LogP contribution is -2.25. The van der Waals surface area contributed by atoms with Gasteiger partial charge in [0.2, 0.25) is 5.91 Å². The minimum absolute atomic E-state index is 0.00668. The molecule has 0 radical (unpaired) electrons. The number of amides is 1. The summed E-state index contributed by atoms with van der Waals surface area (Å²) < 4.78 is 31.6. The minimum Gasteiger partial charge on any atom is -0.312 e. The van der Waals surface area contributed by atoms with Gasteiger partial charge in [-0.2, -0.15) is 0 Å². The van der Waals surface area contributed by atoms with Gasteiger partial charge in [0, 0.05) is 26.2 Å². The average Bonchev–Trinajstić information content (AvgIpc) is 3.23. The van der Waals surface area contributed by atoms with E-state index in [0.717, 1.165) is 11.3 Å². The molecule has 0 bridgehead atoms. The molecule has 0 spiro atoms. The first kappa shape index (κ1) is 20.0. The van der Waals surface area contributed by atoms with Crippen molar-refractivity contribution in [3.05, 3.63) is 70.1 Å². The SMILES string of the molecule is CC(=O)N1CCc2cc(S(=O)(=O)Nc3c(C)n(C)n(-c4ccccc4)c3=O)ccc21. The van der Waals surface area contributed by atoms with Crippen LogP contribution in [0.4, 0.5) is 11.4 Å². The van der Waals surface area contributed by atoms with Gasteiger partial charge >= 0.3 is 0 Å². The zero-order chi connectivity index (χ0) is 21.6.